The van der Waals surface area contributed by atoms with Crippen LogP contribution in [0.1, 0.15) is 44.6 Å². The summed E-state index contributed by atoms with van der Waals surface area (Å²) in [6.45, 7) is 3.16. The number of aromatic nitrogens is 2. The standard InChI is InChI=1S/C21H26N4/c1-16-15-18-9-5-6-10-19(18)25(16)20-12-14-23-21(24-20)22-13-11-17-7-3-2-4-8-17/h5-7,9-10,12,14,16H,2-4,8,11,13,15H2,1H3,(H,22,23,24). The first-order valence-electron chi connectivity index (χ1n) is 9.43. The summed E-state index contributed by atoms with van der Waals surface area (Å²) in [7, 11) is 0. The molecule has 4 heteroatoms. The van der Waals surface area contributed by atoms with Crippen molar-refractivity contribution in [1.82, 2.24) is 9.97 Å². The lowest BCUT2D eigenvalue weighted by atomic mass is 9.97. The molecule has 0 saturated carbocycles. The maximum absolute atomic E-state index is 4.77. The van der Waals surface area contributed by atoms with Crippen LogP contribution >= 0.6 is 0 Å². The molecular weight excluding hydrogens is 308 g/mol. The highest BCUT2D eigenvalue weighted by Crippen LogP contribution is 2.37. The highest BCUT2D eigenvalue weighted by atomic mass is 15.3. The summed E-state index contributed by atoms with van der Waals surface area (Å²) in [6, 6.07) is 11.0. The Morgan fingerprint density at radius 1 is 1.20 bits per heavy atom. The van der Waals surface area contributed by atoms with Gasteiger partial charge in [0.25, 0.3) is 0 Å². The average molecular weight is 334 g/mol. The number of nitrogens with one attached hydrogen (secondary N) is 1. The molecule has 1 aliphatic carbocycles. The zero-order chi connectivity index (χ0) is 17.1. The fraction of sp³-hybridized carbons (Fsp3) is 0.429. The van der Waals surface area contributed by atoms with Crippen molar-refractivity contribution in [2.24, 2.45) is 0 Å². The molecule has 0 bridgehead atoms. The van der Waals surface area contributed by atoms with E-state index in [9.17, 15) is 0 Å². The van der Waals surface area contributed by atoms with Gasteiger partial charge in [-0.3, -0.25) is 0 Å². The van der Waals surface area contributed by atoms with Crippen molar-refractivity contribution in [2.75, 3.05) is 16.8 Å². The van der Waals surface area contributed by atoms with Gasteiger partial charge in [0, 0.05) is 24.5 Å². The van der Waals surface area contributed by atoms with Crippen LogP contribution in [-0.4, -0.2) is 22.6 Å². The molecule has 1 unspecified atom stereocenters. The van der Waals surface area contributed by atoms with Gasteiger partial charge in [-0.05, 0) is 63.1 Å². The van der Waals surface area contributed by atoms with Crippen molar-refractivity contribution < 1.29 is 0 Å². The molecule has 0 saturated heterocycles. The first kappa shape index (κ1) is 16.1. The molecule has 130 valence electrons. The average Bonchev–Trinajstić information content (AvgIpc) is 2.98. The molecule has 0 amide bonds. The number of hydrogen-bond acceptors (Lipinski definition) is 4. The minimum atomic E-state index is 0.424. The van der Waals surface area contributed by atoms with Gasteiger partial charge < -0.3 is 10.2 Å². The lowest BCUT2D eigenvalue weighted by molar-refractivity contribution is 0.679. The Morgan fingerprint density at radius 2 is 2.12 bits per heavy atom. The predicted octanol–water partition coefficient (Wildman–Crippen LogP) is 4.86. The highest BCUT2D eigenvalue weighted by Gasteiger charge is 2.27. The summed E-state index contributed by atoms with van der Waals surface area (Å²) < 4.78 is 0. The van der Waals surface area contributed by atoms with Gasteiger partial charge in [0.2, 0.25) is 5.95 Å². The molecule has 1 aliphatic heterocycles. The zero-order valence-corrected chi connectivity index (χ0v) is 14.9. The van der Waals surface area contributed by atoms with E-state index < -0.39 is 0 Å². The third kappa shape index (κ3) is 3.53. The zero-order valence-electron chi connectivity index (χ0n) is 14.9. The van der Waals surface area contributed by atoms with Crippen molar-refractivity contribution in [1.29, 1.82) is 0 Å². The van der Waals surface area contributed by atoms with E-state index in [2.05, 4.69) is 52.5 Å². The third-order valence-corrected chi connectivity index (χ3v) is 5.21. The summed E-state index contributed by atoms with van der Waals surface area (Å²) in [5, 5.41) is 3.40. The van der Waals surface area contributed by atoms with E-state index in [1.807, 2.05) is 12.3 Å². The number of hydrogen-bond donors (Lipinski definition) is 1. The van der Waals surface area contributed by atoms with E-state index >= 15 is 0 Å². The predicted molar refractivity (Wildman–Crippen MR) is 103 cm³/mol. The SMILES string of the molecule is CC1Cc2ccccc2N1c1ccnc(NCCC2=CCCCC2)n1. The normalized spacial score (nSPS) is 19.5. The molecular formula is C21H26N4. The molecule has 2 aromatic rings. The van der Waals surface area contributed by atoms with Crippen molar-refractivity contribution in [3.63, 3.8) is 0 Å². The van der Waals surface area contributed by atoms with Crippen molar-refractivity contribution in [2.45, 2.75) is 51.5 Å². The van der Waals surface area contributed by atoms with Crippen LogP contribution in [0.4, 0.5) is 17.5 Å². The minimum Gasteiger partial charge on any atom is -0.354 e. The van der Waals surface area contributed by atoms with Crippen molar-refractivity contribution in [3.05, 3.63) is 53.7 Å². The summed E-state index contributed by atoms with van der Waals surface area (Å²) in [4.78, 5) is 11.5. The number of anilines is 3. The van der Waals surface area contributed by atoms with E-state index in [1.54, 1.807) is 5.57 Å². The molecule has 2 aliphatic rings. The molecule has 2 heterocycles. The second kappa shape index (κ2) is 7.26. The molecule has 0 fully saturated rings. The van der Waals surface area contributed by atoms with Gasteiger partial charge in [0.05, 0.1) is 0 Å². The largest absolute Gasteiger partial charge is 0.354 e. The van der Waals surface area contributed by atoms with Gasteiger partial charge >= 0.3 is 0 Å². The number of nitrogens with zero attached hydrogens (tertiary/aromatic N) is 3. The summed E-state index contributed by atoms with van der Waals surface area (Å²) >= 11 is 0. The number of allylic oxidation sites excluding steroid dienone is 1. The summed E-state index contributed by atoms with van der Waals surface area (Å²) in [5.74, 6) is 1.71. The van der Waals surface area contributed by atoms with Crippen LogP contribution in [0, 0.1) is 0 Å². The van der Waals surface area contributed by atoms with Crippen LogP contribution < -0.4 is 10.2 Å². The van der Waals surface area contributed by atoms with Gasteiger partial charge in [-0.2, -0.15) is 4.98 Å². The highest BCUT2D eigenvalue weighted by molar-refractivity contribution is 5.69. The minimum absolute atomic E-state index is 0.424. The molecule has 25 heavy (non-hydrogen) atoms. The monoisotopic (exact) mass is 334 g/mol. The number of rotatable bonds is 5. The fourth-order valence-electron chi connectivity index (χ4n) is 3.95. The molecule has 1 aromatic heterocycles. The van der Waals surface area contributed by atoms with Crippen LogP contribution in [0.25, 0.3) is 0 Å². The van der Waals surface area contributed by atoms with Crippen LogP contribution in [0.3, 0.4) is 0 Å². The van der Waals surface area contributed by atoms with Gasteiger partial charge in [-0.25, -0.2) is 4.98 Å². The summed E-state index contributed by atoms with van der Waals surface area (Å²) in [6.07, 6.45) is 11.6. The first-order chi connectivity index (χ1) is 12.3. The topological polar surface area (TPSA) is 41.1 Å². The van der Waals surface area contributed by atoms with Crippen LogP contribution in [0.2, 0.25) is 0 Å². The molecule has 0 radical (unpaired) electrons. The van der Waals surface area contributed by atoms with E-state index in [4.69, 9.17) is 4.98 Å². The van der Waals surface area contributed by atoms with Gasteiger partial charge in [0.1, 0.15) is 5.82 Å². The van der Waals surface area contributed by atoms with Crippen molar-refractivity contribution in [3.8, 4) is 0 Å². The second-order valence-corrected chi connectivity index (χ2v) is 7.08. The molecule has 0 spiro atoms. The summed E-state index contributed by atoms with van der Waals surface area (Å²) in [5.41, 5.74) is 4.25. The molecule has 1 aromatic carbocycles. The number of benzene rings is 1. The number of para-hydroxylation sites is 1. The third-order valence-electron chi connectivity index (χ3n) is 5.21. The van der Waals surface area contributed by atoms with E-state index in [0.29, 0.717) is 6.04 Å². The van der Waals surface area contributed by atoms with Gasteiger partial charge in [0.15, 0.2) is 0 Å². The fourth-order valence-corrected chi connectivity index (χ4v) is 3.95. The smallest absolute Gasteiger partial charge is 0.224 e. The van der Waals surface area contributed by atoms with Gasteiger partial charge in [-0.1, -0.05) is 29.8 Å². The Kier molecular flexibility index (Phi) is 4.68. The maximum atomic E-state index is 4.77. The second-order valence-electron chi connectivity index (χ2n) is 7.08. The Morgan fingerprint density at radius 3 is 3.00 bits per heavy atom. The van der Waals surface area contributed by atoms with E-state index in [-0.39, 0.29) is 0 Å². The molecule has 4 nitrogen and oxygen atoms in total. The lowest BCUT2D eigenvalue weighted by Crippen LogP contribution is -2.25. The molecule has 1 atom stereocenters. The van der Waals surface area contributed by atoms with Crippen LogP contribution in [0.15, 0.2) is 48.2 Å². The Bertz CT molecular complexity index is 768. The lowest BCUT2D eigenvalue weighted by Gasteiger charge is -2.24. The van der Waals surface area contributed by atoms with Crippen LogP contribution in [-0.2, 0) is 6.42 Å². The van der Waals surface area contributed by atoms with E-state index in [0.717, 1.165) is 31.2 Å². The maximum Gasteiger partial charge on any atom is 0.224 e. The first-order valence-corrected chi connectivity index (χ1v) is 9.43. The Hall–Kier alpha value is -2.36. The molecule has 1 N–H and O–H groups in total. The Labute approximate surface area is 150 Å². The quantitative estimate of drug-likeness (QED) is 0.793. The van der Waals surface area contributed by atoms with Gasteiger partial charge in [-0.15, -0.1) is 0 Å². The van der Waals surface area contributed by atoms with E-state index in [1.165, 1.54) is 36.9 Å². The molecule has 4 rings (SSSR count). The van der Waals surface area contributed by atoms with Crippen molar-refractivity contribution >= 4 is 17.5 Å². The Balaban J connectivity index is 1.45. The van der Waals surface area contributed by atoms with Crippen LogP contribution in [0.5, 0.6) is 0 Å². The number of fused-ring (bicyclic) bond motifs is 1.